The molecule has 0 aromatic carbocycles. The van der Waals surface area contributed by atoms with Gasteiger partial charge < -0.3 is 49.5 Å². The Labute approximate surface area is 124 Å². The van der Waals surface area contributed by atoms with Crippen LogP contribution < -0.4 is 0 Å². The van der Waals surface area contributed by atoms with Gasteiger partial charge >= 0.3 is 61.2 Å². The van der Waals surface area contributed by atoms with Crippen LogP contribution in [0.1, 0.15) is 0 Å². The molecule has 0 aliphatic carbocycles. The molecule has 13 nitrogen and oxygen atoms in total. The summed E-state index contributed by atoms with van der Waals surface area (Å²) in [5.74, 6) is 0. The van der Waals surface area contributed by atoms with Crippen LogP contribution in [0.4, 0.5) is 0 Å². The van der Waals surface area contributed by atoms with Crippen LogP contribution in [-0.2, 0) is 13.7 Å². The predicted octanol–water partition coefficient (Wildman–Crippen LogP) is -4.53. The van der Waals surface area contributed by atoms with Crippen LogP contribution in [0.25, 0.3) is 0 Å². The molecule has 0 aromatic rings. The summed E-state index contributed by atoms with van der Waals surface area (Å²) in [4.78, 5) is 64.7. The molecule has 17 heteroatoms. The van der Waals surface area contributed by atoms with Crippen molar-refractivity contribution in [3.63, 3.8) is 0 Å². The Morgan fingerprint density at radius 3 is 0.471 bits per heavy atom. The molecule has 0 amide bonds. The third kappa shape index (κ3) is 1770. The molecule has 0 aromatic heterocycles. The first-order chi connectivity index (χ1) is 6.00. The molecule has 0 spiro atoms. The second-order valence-corrected chi connectivity index (χ2v) is 4.62. The second-order valence-electron chi connectivity index (χ2n) is 1.54. The molecule has 0 rings (SSSR count). The number of rotatable bonds is 0. The Kier molecular flexibility index (Phi) is 23.0. The van der Waals surface area contributed by atoms with Crippen LogP contribution in [0.15, 0.2) is 0 Å². The summed E-state index contributed by atoms with van der Waals surface area (Å²) < 4.78 is 26.6. The first-order valence-corrected chi connectivity index (χ1v) is 7.04. The van der Waals surface area contributed by atoms with Crippen molar-refractivity contribution in [2.75, 3.05) is 0 Å². The van der Waals surface area contributed by atoms with Gasteiger partial charge in [0.05, 0.1) is 0 Å². The van der Waals surface area contributed by atoms with Crippen LogP contribution in [0.2, 0.25) is 0 Å². The quantitative estimate of drug-likeness (QED) is 0.147. The standard InChI is InChI=1S/Ca.3H3O4P.H2O.2H/c;3*1-5(2,3)4;;;/h;3*(H3,1,2,3,4);1H2;;. The van der Waals surface area contributed by atoms with Crippen LogP contribution >= 0.6 is 23.5 Å². The van der Waals surface area contributed by atoms with E-state index in [1.807, 2.05) is 0 Å². The summed E-state index contributed by atoms with van der Waals surface area (Å²) in [5.41, 5.74) is 0. The van der Waals surface area contributed by atoms with E-state index in [0.29, 0.717) is 0 Å². The first-order valence-electron chi connectivity index (χ1n) is 2.35. The fraction of sp³-hybridized carbons (Fsp3) is 0. The van der Waals surface area contributed by atoms with E-state index >= 15 is 0 Å². The average molecular weight is 354 g/mol. The number of hydrogen-bond donors (Lipinski definition) is 9. The SMILES string of the molecule is O.O=P(O)(O)O.O=P(O)(O)O.O=P(O)(O)O.[CaH2]. The van der Waals surface area contributed by atoms with Gasteiger partial charge in [-0.15, -0.1) is 0 Å². The maximum absolute atomic E-state index is 8.88. The molecule has 0 bridgehead atoms. The van der Waals surface area contributed by atoms with Gasteiger partial charge in [-0.2, -0.15) is 0 Å². The monoisotopic (exact) mass is 354 g/mol. The van der Waals surface area contributed by atoms with Crippen LogP contribution in [0, 0.1) is 0 Å². The Morgan fingerprint density at radius 2 is 0.471 bits per heavy atom. The van der Waals surface area contributed by atoms with E-state index < -0.39 is 23.5 Å². The average Bonchev–Trinajstić information content (AvgIpc) is 1.41. The van der Waals surface area contributed by atoms with Crippen molar-refractivity contribution in [1.29, 1.82) is 0 Å². The fourth-order valence-electron chi connectivity index (χ4n) is 0. The minimum atomic E-state index is -4.64. The maximum atomic E-state index is 8.88. The molecule has 0 fully saturated rings. The third-order valence-electron chi connectivity index (χ3n) is 0. The molecule has 0 heterocycles. The zero-order valence-corrected chi connectivity index (χ0v) is 9.77. The van der Waals surface area contributed by atoms with Crippen LogP contribution in [-0.4, -0.2) is 87.3 Å². The number of hydrogen-bond acceptors (Lipinski definition) is 3. The van der Waals surface area contributed by atoms with Gasteiger partial charge in [0.2, 0.25) is 0 Å². The summed E-state index contributed by atoms with van der Waals surface area (Å²) in [6.45, 7) is 0. The van der Waals surface area contributed by atoms with E-state index in [0.717, 1.165) is 0 Å². The number of phosphoric acid groups is 3. The van der Waals surface area contributed by atoms with Gasteiger partial charge in [0, 0.05) is 0 Å². The van der Waals surface area contributed by atoms with Gasteiger partial charge in [-0.05, 0) is 0 Å². The summed E-state index contributed by atoms with van der Waals surface area (Å²) >= 11 is 0. The van der Waals surface area contributed by atoms with Crippen molar-refractivity contribution < 1.29 is 63.2 Å². The zero-order valence-electron chi connectivity index (χ0n) is 7.09. The van der Waals surface area contributed by atoms with E-state index in [-0.39, 0.29) is 43.2 Å². The van der Waals surface area contributed by atoms with E-state index in [9.17, 15) is 0 Å². The summed E-state index contributed by atoms with van der Waals surface area (Å²) in [5, 5.41) is 0. The van der Waals surface area contributed by atoms with Gasteiger partial charge in [0.15, 0.2) is 0 Å². The summed E-state index contributed by atoms with van der Waals surface area (Å²) in [6.07, 6.45) is 0. The van der Waals surface area contributed by atoms with Crippen molar-refractivity contribution >= 4 is 61.2 Å². The van der Waals surface area contributed by atoms with Crippen LogP contribution in [0.5, 0.6) is 0 Å². The molecule has 0 aliphatic rings. The topological polar surface area (TPSA) is 265 Å². The Morgan fingerprint density at radius 1 is 0.471 bits per heavy atom. The molecule has 108 valence electrons. The normalized spacial score (nSPS) is 10.4. The Balaban J connectivity index is -0.0000000400. The van der Waals surface area contributed by atoms with Crippen molar-refractivity contribution in [2.24, 2.45) is 0 Å². The molecule has 0 aliphatic heterocycles. The van der Waals surface area contributed by atoms with E-state index in [1.165, 1.54) is 0 Å². The minimum absolute atomic E-state index is 0. The molecular formula is H13CaO13P3. The molecule has 17 heavy (non-hydrogen) atoms. The van der Waals surface area contributed by atoms with E-state index in [2.05, 4.69) is 0 Å². The van der Waals surface area contributed by atoms with Gasteiger partial charge in [0.25, 0.3) is 0 Å². The van der Waals surface area contributed by atoms with Gasteiger partial charge in [-0.3, -0.25) is 0 Å². The second kappa shape index (κ2) is 12.6. The first kappa shape index (κ1) is 31.1. The van der Waals surface area contributed by atoms with Crippen molar-refractivity contribution in [1.82, 2.24) is 0 Å². The van der Waals surface area contributed by atoms with Crippen LogP contribution in [0.3, 0.4) is 0 Å². The Hall–Kier alpha value is 1.55. The summed E-state index contributed by atoms with van der Waals surface area (Å²) in [6, 6.07) is 0. The Bertz CT molecular complexity index is 203. The zero-order chi connectivity index (χ0) is 13.5. The molecule has 11 N–H and O–H groups in total. The molecular weight excluding hydrogens is 341 g/mol. The molecule has 0 atom stereocenters. The predicted molar refractivity (Wildman–Crippen MR) is 54.9 cm³/mol. The third-order valence-corrected chi connectivity index (χ3v) is 0. The van der Waals surface area contributed by atoms with Crippen molar-refractivity contribution in [3.05, 3.63) is 0 Å². The fourth-order valence-corrected chi connectivity index (χ4v) is 0. The van der Waals surface area contributed by atoms with Gasteiger partial charge in [-0.25, -0.2) is 13.7 Å². The van der Waals surface area contributed by atoms with E-state index in [1.54, 1.807) is 0 Å². The van der Waals surface area contributed by atoms with Gasteiger partial charge in [0.1, 0.15) is 0 Å². The molecule has 0 radical (unpaired) electrons. The van der Waals surface area contributed by atoms with E-state index in [4.69, 9.17) is 57.7 Å². The van der Waals surface area contributed by atoms with Crippen molar-refractivity contribution in [2.45, 2.75) is 0 Å². The van der Waals surface area contributed by atoms with Crippen molar-refractivity contribution in [3.8, 4) is 0 Å². The molecule has 0 unspecified atom stereocenters. The molecule has 0 saturated heterocycles. The molecule has 0 saturated carbocycles. The van der Waals surface area contributed by atoms with Gasteiger partial charge in [-0.1, -0.05) is 0 Å². The summed E-state index contributed by atoms with van der Waals surface area (Å²) in [7, 11) is -13.9.